The van der Waals surface area contributed by atoms with Crippen molar-refractivity contribution in [2.45, 2.75) is 13.3 Å². The molecular weight excluding hydrogens is 312 g/mol. The van der Waals surface area contributed by atoms with Gasteiger partial charge in [-0.3, -0.25) is 0 Å². The lowest BCUT2D eigenvalue weighted by Crippen LogP contribution is -2.30. The Morgan fingerprint density at radius 2 is 2.24 bits per heavy atom. The van der Waals surface area contributed by atoms with Gasteiger partial charge in [0, 0.05) is 24.8 Å². The van der Waals surface area contributed by atoms with Crippen LogP contribution < -0.4 is 10.5 Å². The van der Waals surface area contributed by atoms with Gasteiger partial charge in [0.25, 0.3) is 5.88 Å². The third-order valence-corrected chi connectivity index (χ3v) is 3.60. The predicted octanol–water partition coefficient (Wildman–Crippen LogP) is 3.28. The Kier molecular flexibility index (Phi) is 4.98. The van der Waals surface area contributed by atoms with Crippen molar-refractivity contribution in [2.24, 2.45) is 0 Å². The maximum Gasteiger partial charge on any atom is 0.416 e. The lowest BCUT2D eigenvalue weighted by atomic mass is 10.1. The van der Waals surface area contributed by atoms with Crippen LogP contribution in [0.25, 0.3) is 11.3 Å². The summed E-state index contributed by atoms with van der Waals surface area (Å²) in [7, 11) is 1.67. The van der Waals surface area contributed by atoms with E-state index >= 15 is 0 Å². The molecule has 0 unspecified atom stereocenters. The van der Waals surface area contributed by atoms with Crippen molar-refractivity contribution in [3.8, 4) is 17.1 Å². The molecule has 21 heavy (non-hydrogen) atoms. The van der Waals surface area contributed by atoms with E-state index in [0.717, 1.165) is 18.1 Å². The van der Waals surface area contributed by atoms with Gasteiger partial charge in [0.2, 0.25) is 0 Å². The summed E-state index contributed by atoms with van der Waals surface area (Å²) >= 11 is 7.09. The number of aromatic nitrogens is 2. The summed E-state index contributed by atoms with van der Waals surface area (Å²) < 4.78 is 13.4. The van der Waals surface area contributed by atoms with Crippen molar-refractivity contribution >= 4 is 35.1 Å². The number of ether oxygens (including phenoxy) is 1. The molecule has 0 radical (unpaired) electrons. The molecule has 0 saturated heterocycles. The number of hydrogen-bond donors (Lipinski definition) is 1. The van der Waals surface area contributed by atoms with E-state index in [1.54, 1.807) is 25.2 Å². The fraction of sp³-hybridized carbons (Fsp3) is 0.308. The lowest BCUT2D eigenvalue weighted by Gasteiger charge is -2.14. The average Bonchev–Trinajstić information content (AvgIpc) is 2.89. The Hall–Kier alpha value is -1.86. The number of carbonyl (C=O) groups excluding carboxylic acids is 1. The fourth-order valence-electron chi connectivity index (χ4n) is 1.72. The zero-order valence-electron chi connectivity index (χ0n) is 11.7. The molecule has 1 aromatic heterocycles. The Labute approximate surface area is 131 Å². The number of nitrogen functional groups attached to an aromatic ring is 1. The molecule has 8 heteroatoms. The van der Waals surface area contributed by atoms with Crippen LogP contribution in [0.4, 0.5) is 10.5 Å². The second-order valence-corrected chi connectivity index (χ2v) is 5.38. The van der Waals surface area contributed by atoms with Gasteiger partial charge in [-0.05, 0) is 24.6 Å². The van der Waals surface area contributed by atoms with Crippen LogP contribution >= 0.6 is 23.3 Å². The topological polar surface area (TPSA) is 81.3 Å². The van der Waals surface area contributed by atoms with Crippen molar-refractivity contribution < 1.29 is 9.53 Å². The summed E-state index contributed by atoms with van der Waals surface area (Å²) in [5.74, 6) is 0.139. The van der Waals surface area contributed by atoms with Crippen LogP contribution in [0.2, 0.25) is 5.02 Å². The van der Waals surface area contributed by atoms with Gasteiger partial charge < -0.3 is 15.4 Å². The predicted molar refractivity (Wildman–Crippen MR) is 83.7 cm³/mol. The molecule has 2 N–H and O–H groups in total. The highest BCUT2D eigenvalue weighted by Gasteiger charge is 2.19. The van der Waals surface area contributed by atoms with E-state index in [4.69, 9.17) is 22.1 Å². The maximum atomic E-state index is 11.9. The normalized spacial score (nSPS) is 10.4. The van der Waals surface area contributed by atoms with Gasteiger partial charge in [-0.15, -0.1) is 4.37 Å². The summed E-state index contributed by atoms with van der Waals surface area (Å²) in [6, 6.07) is 5.03. The van der Waals surface area contributed by atoms with Crippen molar-refractivity contribution in [3.05, 3.63) is 23.2 Å². The van der Waals surface area contributed by atoms with E-state index in [1.165, 1.54) is 4.90 Å². The standard InChI is InChI=1S/C13H15ClN4O2S/c1-3-6-18(2)13(19)20-12-11(16-21-17-12)9-7-8(15)4-5-10(9)14/h4-5,7H,3,6,15H2,1-2H3. The third kappa shape index (κ3) is 3.62. The number of nitrogens with two attached hydrogens (primary N) is 1. The van der Waals surface area contributed by atoms with Crippen LogP contribution in [0, 0.1) is 0 Å². The summed E-state index contributed by atoms with van der Waals surface area (Å²) in [5, 5.41) is 0.469. The maximum absolute atomic E-state index is 11.9. The molecule has 0 bridgehead atoms. The minimum absolute atomic E-state index is 0.139. The highest BCUT2D eigenvalue weighted by Crippen LogP contribution is 2.34. The third-order valence-electron chi connectivity index (χ3n) is 2.76. The molecule has 112 valence electrons. The van der Waals surface area contributed by atoms with Crippen molar-refractivity contribution in [3.63, 3.8) is 0 Å². The molecule has 2 aromatic rings. The SMILES string of the molecule is CCCN(C)C(=O)Oc1nsnc1-c1cc(N)ccc1Cl. The zero-order chi connectivity index (χ0) is 15.4. The van der Waals surface area contributed by atoms with Crippen LogP contribution in [0.1, 0.15) is 13.3 Å². The summed E-state index contributed by atoms with van der Waals surface area (Å²) in [4.78, 5) is 13.4. The first kappa shape index (κ1) is 15.5. The summed E-state index contributed by atoms with van der Waals surface area (Å²) in [6.45, 7) is 2.58. The molecule has 0 fully saturated rings. The fourth-order valence-corrected chi connectivity index (χ4v) is 2.43. The first-order chi connectivity index (χ1) is 10.0. The number of hydrogen-bond acceptors (Lipinski definition) is 6. The minimum atomic E-state index is -0.481. The molecule has 1 amide bonds. The first-order valence-electron chi connectivity index (χ1n) is 6.33. The summed E-state index contributed by atoms with van der Waals surface area (Å²) in [5.41, 5.74) is 7.30. The first-order valence-corrected chi connectivity index (χ1v) is 7.44. The van der Waals surface area contributed by atoms with E-state index in [2.05, 4.69) is 8.75 Å². The highest BCUT2D eigenvalue weighted by molar-refractivity contribution is 6.99. The number of carbonyl (C=O) groups is 1. The second kappa shape index (κ2) is 6.73. The molecule has 1 heterocycles. The molecule has 0 aliphatic heterocycles. The quantitative estimate of drug-likeness (QED) is 0.872. The Morgan fingerprint density at radius 3 is 2.95 bits per heavy atom. The Morgan fingerprint density at radius 1 is 1.48 bits per heavy atom. The number of nitrogens with zero attached hydrogens (tertiary/aromatic N) is 3. The Balaban J connectivity index is 2.27. The minimum Gasteiger partial charge on any atom is -0.399 e. The van der Waals surface area contributed by atoms with Gasteiger partial charge in [-0.25, -0.2) is 4.79 Å². The molecule has 2 rings (SSSR count). The second-order valence-electron chi connectivity index (χ2n) is 4.45. The molecule has 0 aliphatic rings. The van der Waals surface area contributed by atoms with Gasteiger partial charge in [0.1, 0.15) is 5.69 Å². The largest absolute Gasteiger partial charge is 0.416 e. The molecular formula is C13H15ClN4O2S. The molecule has 0 atom stereocenters. The van der Waals surface area contributed by atoms with Crippen molar-refractivity contribution in [1.82, 2.24) is 13.6 Å². The molecule has 0 saturated carbocycles. The molecule has 6 nitrogen and oxygen atoms in total. The van der Waals surface area contributed by atoms with Gasteiger partial charge >= 0.3 is 6.09 Å². The van der Waals surface area contributed by atoms with Crippen LogP contribution in [0.15, 0.2) is 18.2 Å². The molecule has 1 aromatic carbocycles. The van der Waals surface area contributed by atoms with Crippen LogP contribution in [-0.4, -0.2) is 33.3 Å². The number of anilines is 1. The smallest absolute Gasteiger partial charge is 0.399 e. The van der Waals surface area contributed by atoms with E-state index in [-0.39, 0.29) is 5.88 Å². The number of amides is 1. The van der Waals surface area contributed by atoms with Gasteiger partial charge in [-0.2, -0.15) is 4.37 Å². The zero-order valence-corrected chi connectivity index (χ0v) is 13.2. The monoisotopic (exact) mass is 326 g/mol. The number of benzene rings is 1. The van der Waals surface area contributed by atoms with Crippen LogP contribution in [0.3, 0.4) is 0 Å². The molecule has 0 spiro atoms. The van der Waals surface area contributed by atoms with E-state index in [9.17, 15) is 4.79 Å². The van der Waals surface area contributed by atoms with Crippen LogP contribution in [-0.2, 0) is 0 Å². The van der Waals surface area contributed by atoms with Crippen molar-refractivity contribution in [1.29, 1.82) is 0 Å². The lowest BCUT2D eigenvalue weighted by molar-refractivity contribution is 0.162. The Bertz CT molecular complexity index is 647. The van der Waals surface area contributed by atoms with Gasteiger partial charge in [-0.1, -0.05) is 18.5 Å². The van der Waals surface area contributed by atoms with E-state index in [1.807, 2.05) is 6.92 Å². The van der Waals surface area contributed by atoms with Gasteiger partial charge in [0.15, 0.2) is 0 Å². The number of rotatable bonds is 4. The molecule has 0 aliphatic carbocycles. The van der Waals surface area contributed by atoms with Crippen molar-refractivity contribution in [2.75, 3.05) is 19.3 Å². The van der Waals surface area contributed by atoms with Crippen LogP contribution in [0.5, 0.6) is 5.88 Å². The van der Waals surface area contributed by atoms with E-state index < -0.39 is 6.09 Å². The summed E-state index contributed by atoms with van der Waals surface area (Å²) in [6.07, 6.45) is 0.361. The number of halogens is 1. The highest BCUT2D eigenvalue weighted by atomic mass is 35.5. The van der Waals surface area contributed by atoms with E-state index in [0.29, 0.717) is 28.5 Å². The average molecular weight is 327 g/mol. The van der Waals surface area contributed by atoms with Gasteiger partial charge in [0.05, 0.1) is 16.8 Å².